The molecule has 0 aliphatic carbocycles. The number of carbonyl (C=O) groups is 2. The van der Waals surface area contributed by atoms with Gasteiger partial charge in [0.15, 0.2) is 0 Å². The molecule has 0 radical (unpaired) electrons. The molecule has 0 fully saturated rings. The summed E-state index contributed by atoms with van der Waals surface area (Å²) in [6, 6.07) is 12.2. The molecule has 0 unspecified atom stereocenters. The van der Waals surface area contributed by atoms with Gasteiger partial charge in [-0.25, -0.2) is 8.42 Å². The van der Waals surface area contributed by atoms with Crippen LogP contribution in [0.1, 0.15) is 6.92 Å². The van der Waals surface area contributed by atoms with E-state index in [0.29, 0.717) is 15.8 Å². The minimum atomic E-state index is -4.01. The SMILES string of the molecule is CC(=O)Nc1ccc(S(=O)(=O)N(CC(N)=O)c2cccc(Br)c2)cc1. The van der Waals surface area contributed by atoms with Gasteiger partial charge in [0.25, 0.3) is 10.0 Å². The molecule has 0 aliphatic heterocycles. The van der Waals surface area contributed by atoms with Gasteiger partial charge in [-0.2, -0.15) is 0 Å². The predicted octanol–water partition coefficient (Wildman–Crippen LogP) is 2.09. The van der Waals surface area contributed by atoms with Crippen molar-refractivity contribution in [1.29, 1.82) is 0 Å². The Labute approximate surface area is 154 Å². The van der Waals surface area contributed by atoms with E-state index in [0.717, 1.165) is 4.31 Å². The molecule has 2 aromatic carbocycles. The first kappa shape index (κ1) is 18.9. The molecule has 2 aromatic rings. The van der Waals surface area contributed by atoms with Gasteiger partial charge in [-0.3, -0.25) is 13.9 Å². The van der Waals surface area contributed by atoms with Crippen molar-refractivity contribution in [2.75, 3.05) is 16.2 Å². The summed E-state index contributed by atoms with van der Waals surface area (Å²) in [6.07, 6.45) is 0. The molecule has 0 atom stereocenters. The zero-order valence-electron chi connectivity index (χ0n) is 13.3. The summed E-state index contributed by atoms with van der Waals surface area (Å²) in [5, 5.41) is 2.56. The molecule has 132 valence electrons. The van der Waals surface area contributed by atoms with E-state index in [1.54, 1.807) is 24.3 Å². The summed E-state index contributed by atoms with van der Waals surface area (Å²) in [5.41, 5.74) is 5.99. The average molecular weight is 426 g/mol. The van der Waals surface area contributed by atoms with Crippen molar-refractivity contribution >= 4 is 49.1 Å². The van der Waals surface area contributed by atoms with E-state index >= 15 is 0 Å². The number of primary amides is 1. The van der Waals surface area contributed by atoms with E-state index in [4.69, 9.17) is 5.73 Å². The van der Waals surface area contributed by atoms with Crippen LogP contribution in [0.15, 0.2) is 57.9 Å². The fourth-order valence-electron chi connectivity index (χ4n) is 2.13. The van der Waals surface area contributed by atoms with Gasteiger partial charge in [-0.15, -0.1) is 0 Å². The summed E-state index contributed by atoms with van der Waals surface area (Å²) in [6.45, 7) is 0.860. The summed E-state index contributed by atoms with van der Waals surface area (Å²) >= 11 is 3.27. The minimum absolute atomic E-state index is 0.0252. The van der Waals surface area contributed by atoms with Gasteiger partial charge in [0, 0.05) is 17.1 Å². The van der Waals surface area contributed by atoms with Gasteiger partial charge >= 0.3 is 0 Å². The maximum atomic E-state index is 12.9. The molecule has 0 spiro atoms. The fraction of sp³-hybridized carbons (Fsp3) is 0.125. The monoisotopic (exact) mass is 425 g/mol. The molecule has 0 aromatic heterocycles. The average Bonchev–Trinajstić information content (AvgIpc) is 2.52. The van der Waals surface area contributed by atoms with Crippen LogP contribution in [0, 0.1) is 0 Å². The number of amides is 2. The normalized spacial score (nSPS) is 11.0. The number of nitrogens with one attached hydrogen (secondary N) is 1. The summed E-state index contributed by atoms with van der Waals surface area (Å²) in [4.78, 5) is 22.4. The van der Waals surface area contributed by atoms with Crippen LogP contribution >= 0.6 is 15.9 Å². The Balaban J connectivity index is 2.44. The number of nitrogens with two attached hydrogens (primary N) is 1. The molecule has 9 heteroatoms. The Bertz CT molecular complexity index is 898. The number of halogens is 1. The second-order valence-corrected chi connectivity index (χ2v) is 7.94. The maximum absolute atomic E-state index is 12.9. The highest BCUT2D eigenvalue weighted by atomic mass is 79.9. The van der Waals surface area contributed by atoms with E-state index in [9.17, 15) is 18.0 Å². The summed E-state index contributed by atoms with van der Waals surface area (Å²) in [5.74, 6) is -1.04. The van der Waals surface area contributed by atoms with Crippen LogP contribution in [0.3, 0.4) is 0 Å². The smallest absolute Gasteiger partial charge is 0.264 e. The van der Waals surface area contributed by atoms with Crippen LogP contribution in [0.25, 0.3) is 0 Å². The van der Waals surface area contributed by atoms with Crippen LogP contribution in [-0.2, 0) is 19.6 Å². The Morgan fingerprint density at radius 2 is 1.80 bits per heavy atom. The van der Waals surface area contributed by atoms with Gasteiger partial charge in [0.05, 0.1) is 10.6 Å². The number of anilines is 2. The molecular formula is C16H16BrN3O4S. The topological polar surface area (TPSA) is 110 Å². The van der Waals surface area contributed by atoms with Crippen LogP contribution in [0.5, 0.6) is 0 Å². The predicted molar refractivity (Wildman–Crippen MR) is 98.6 cm³/mol. The number of nitrogens with zero attached hydrogens (tertiary/aromatic N) is 1. The van der Waals surface area contributed by atoms with Gasteiger partial charge in [-0.1, -0.05) is 22.0 Å². The van der Waals surface area contributed by atoms with Crippen molar-refractivity contribution in [2.24, 2.45) is 5.73 Å². The van der Waals surface area contributed by atoms with E-state index < -0.39 is 22.5 Å². The lowest BCUT2D eigenvalue weighted by atomic mass is 10.3. The quantitative estimate of drug-likeness (QED) is 0.737. The lowest BCUT2D eigenvalue weighted by molar-refractivity contribution is -0.116. The Morgan fingerprint density at radius 3 is 2.32 bits per heavy atom. The number of hydrogen-bond acceptors (Lipinski definition) is 4. The summed E-state index contributed by atoms with van der Waals surface area (Å²) in [7, 11) is -4.01. The molecule has 0 saturated carbocycles. The van der Waals surface area contributed by atoms with Crippen LogP contribution in [-0.4, -0.2) is 26.8 Å². The molecule has 3 N–H and O–H groups in total. The van der Waals surface area contributed by atoms with Crippen molar-refractivity contribution in [3.8, 4) is 0 Å². The van der Waals surface area contributed by atoms with Crippen molar-refractivity contribution in [2.45, 2.75) is 11.8 Å². The number of carbonyl (C=O) groups excluding carboxylic acids is 2. The van der Waals surface area contributed by atoms with Crippen LogP contribution < -0.4 is 15.4 Å². The Kier molecular flexibility index (Phi) is 5.81. The number of benzene rings is 2. The third-order valence-corrected chi connectivity index (χ3v) is 5.44. The minimum Gasteiger partial charge on any atom is -0.368 e. The molecule has 25 heavy (non-hydrogen) atoms. The van der Waals surface area contributed by atoms with E-state index in [2.05, 4.69) is 21.2 Å². The highest BCUT2D eigenvalue weighted by Crippen LogP contribution is 2.26. The number of sulfonamides is 1. The third kappa shape index (κ3) is 4.80. The van der Waals surface area contributed by atoms with Crippen LogP contribution in [0.4, 0.5) is 11.4 Å². The highest BCUT2D eigenvalue weighted by Gasteiger charge is 2.26. The lowest BCUT2D eigenvalue weighted by Crippen LogP contribution is -2.38. The van der Waals surface area contributed by atoms with Gasteiger partial charge in [0.2, 0.25) is 11.8 Å². The van der Waals surface area contributed by atoms with E-state index in [1.165, 1.54) is 31.2 Å². The van der Waals surface area contributed by atoms with E-state index in [-0.39, 0.29) is 10.8 Å². The van der Waals surface area contributed by atoms with Crippen molar-refractivity contribution in [1.82, 2.24) is 0 Å². The number of hydrogen-bond donors (Lipinski definition) is 2. The van der Waals surface area contributed by atoms with Crippen molar-refractivity contribution in [3.63, 3.8) is 0 Å². The molecule has 0 bridgehead atoms. The van der Waals surface area contributed by atoms with Crippen LogP contribution in [0.2, 0.25) is 0 Å². The number of rotatable bonds is 6. The molecule has 0 aliphatic rings. The molecule has 7 nitrogen and oxygen atoms in total. The Hall–Kier alpha value is -2.39. The highest BCUT2D eigenvalue weighted by molar-refractivity contribution is 9.10. The van der Waals surface area contributed by atoms with Crippen molar-refractivity contribution < 1.29 is 18.0 Å². The first-order valence-electron chi connectivity index (χ1n) is 7.14. The van der Waals surface area contributed by atoms with Crippen molar-refractivity contribution in [3.05, 3.63) is 53.0 Å². The second-order valence-electron chi connectivity index (χ2n) is 5.16. The van der Waals surface area contributed by atoms with E-state index in [1.807, 2.05) is 0 Å². The lowest BCUT2D eigenvalue weighted by Gasteiger charge is -2.23. The molecule has 0 saturated heterocycles. The standard InChI is InChI=1S/C16H16BrN3O4S/c1-11(21)19-13-5-7-15(8-6-13)25(23,24)20(10-16(18)22)14-4-2-3-12(17)9-14/h2-9H,10H2,1H3,(H2,18,22)(H,19,21). The maximum Gasteiger partial charge on any atom is 0.264 e. The van der Waals surface area contributed by atoms with Gasteiger partial charge < -0.3 is 11.1 Å². The first-order valence-corrected chi connectivity index (χ1v) is 9.38. The largest absolute Gasteiger partial charge is 0.368 e. The van der Waals surface area contributed by atoms with Gasteiger partial charge in [-0.05, 0) is 42.5 Å². The zero-order valence-corrected chi connectivity index (χ0v) is 15.7. The Morgan fingerprint density at radius 1 is 1.16 bits per heavy atom. The molecule has 2 rings (SSSR count). The first-order chi connectivity index (χ1) is 11.7. The molecular weight excluding hydrogens is 410 g/mol. The van der Waals surface area contributed by atoms with Gasteiger partial charge in [0.1, 0.15) is 6.54 Å². The third-order valence-electron chi connectivity index (χ3n) is 3.16. The molecule has 0 heterocycles. The second kappa shape index (κ2) is 7.66. The fourth-order valence-corrected chi connectivity index (χ4v) is 3.94. The summed E-state index contributed by atoms with van der Waals surface area (Å²) < 4.78 is 27.5. The molecule has 2 amide bonds. The zero-order chi connectivity index (χ0) is 18.6.